The summed E-state index contributed by atoms with van der Waals surface area (Å²) in [6, 6.07) is 6.80. The van der Waals surface area contributed by atoms with Gasteiger partial charge in [-0.2, -0.15) is 0 Å². The highest BCUT2D eigenvalue weighted by atomic mass is 19.1. The van der Waals surface area contributed by atoms with E-state index in [4.69, 9.17) is 4.42 Å². The largest absolute Gasteiger partial charge is 0.464 e. The number of rotatable bonds is 4. The molecule has 0 aliphatic carbocycles. The molecular weight excluding hydrogens is 285 g/mol. The van der Waals surface area contributed by atoms with Gasteiger partial charge in [0.25, 0.3) is 5.91 Å². The molecule has 1 N–H and O–H groups in total. The highest BCUT2D eigenvalue weighted by Gasteiger charge is 2.11. The first kappa shape index (κ1) is 13.9. The topological polar surface area (TPSA) is 68.0 Å². The zero-order chi connectivity index (χ0) is 15.4. The summed E-state index contributed by atoms with van der Waals surface area (Å²) in [5.41, 5.74) is 1.56. The van der Waals surface area contributed by atoms with Crippen molar-refractivity contribution in [3.05, 3.63) is 72.3 Å². The third-order valence-electron chi connectivity index (χ3n) is 3.07. The Morgan fingerprint density at radius 1 is 1.23 bits per heavy atom. The summed E-state index contributed by atoms with van der Waals surface area (Å²) < 4.78 is 18.8. The van der Waals surface area contributed by atoms with Gasteiger partial charge in [0, 0.05) is 30.7 Å². The van der Waals surface area contributed by atoms with Crippen LogP contribution >= 0.6 is 0 Å². The molecule has 22 heavy (non-hydrogen) atoms. The molecule has 0 fully saturated rings. The smallest absolute Gasteiger partial charge is 0.254 e. The number of carbonyl (C=O) groups excluding carboxylic acids is 1. The van der Waals surface area contributed by atoms with Crippen molar-refractivity contribution in [1.82, 2.24) is 15.3 Å². The molecule has 0 unspecified atom stereocenters. The highest BCUT2D eigenvalue weighted by molar-refractivity contribution is 5.94. The van der Waals surface area contributed by atoms with E-state index in [9.17, 15) is 9.18 Å². The zero-order valence-electron chi connectivity index (χ0n) is 11.5. The molecule has 0 atom stereocenters. The van der Waals surface area contributed by atoms with E-state index < -0.39 is 11.7 Å². The summed E-state index contributed by atoms with van der Waals surface area (Å²) in [5, 5.41) is 2.65. The maximum absolute atomic E-state index is 13.5. The molecule has 3 heterocycles. The summed E-state index contributed by atoms with van der Waals surface area (Å²) in [6.45, 7) is 0.238. The van der Waals surface area contributed by atoms with Crippen LogP contribution in [0.2, 0.25) is 0 Å². The second-order valence-corrected chi connectivity index (χ2v) is 4.60. The van der Waals surface area contributed by atoms with E-state index >= 15 is 0 Å². The van der Waals surface area contributed by atoms with Gasteiger partial charge in [-0.1, -0.05) is 0 Å². The normalized spacial score (nSPS) is 10.4. The first-order valence-electron chi connectivity index (χ1n) is 6.59. The fraction of sp³-hybridized carbons (Fsp3) is 0.0625. The number of nitrogens with one attached hydrogen (secondary N) is 1. The van der Waals surface area contributed by atoms with Gasteiger partial charge in [0.2, 0.25) is 0 Å². The van der Waals surface area contributed by atoms with Crippen molar-refractivity contribution in [3.8, 4) is 11.3 Å². The molecule has 110 valence electrons. The SMILES string of the molecule is O=C(NCc1cncc(-c2ccco2)c1)c1ccncc1F. The molecule has 6 heteroatoms. The molecule has 0 aromatic carbocycles. The number of pyridine rings is 2. The van der Waals surface area contributed by atoms with Gasteiger partial charge in [0.15, 0.2) is 5.82 Å². The summed E-state index contributed by atoms with van der Waals surface area (Å²) in [4.78, 5) is 19.7. The van der Waals surface area contributed by atoms with Crippen molar-refractivity contribution in [3.63, 3.8) is 0 Å². The third-order valence-corrected chi connectivity index (χ3v) is 3.07. The Balaban J connectivity index is 1.71. The Labute approximate surface area is 125 Å². The van der Waals surface area contributed by atoms with Crippen LogP contribution in [0, 0.1) is 5.82 Å². The lowest BCUT2D eigenvalue weighted by Gasteiger charge is -2.06. The lowest BCUT2D eigenvalue weighted by atomic mass is 10.1. The predicted molar refractivity (Wildman–Crippen MR) is 77.3 cm³/mol. The minimum Gasteiger partial charge on any atom is -0.464 e. The van der Waals surface area contributed by atoms with Crippen molar-refractivity contribution in [2.75, 3.05) is 0 Å². The molecule has 3 rings (SSSR count). The molecule has 0 spiro atoms. The van der Waals surface area contributed by atoms with Crippen LogP contribution in [-0.2, 0) is 6.54 Å². The third kappa shape index (κ3) is 3.01. The van der Waals surface area contributed by atoms with Gasteiger partial charge in [0.05, 0.1) is 18.0 Å². The van der Waals surface area contributed by atoms with Crippen molar-refractivity contribution < 1.29 is 13.6 Å². The molecule has 0 saturated carbocycles. The number of furan rings is 1. The fourth-order valence-corrected chi connectivity index (χ4v) is 2.00. The summed E-state index contributed by atoms with van der Waals surface area (Å²) in [5.74, 6) is -0.452. The van der Waals surface area contributed by atoms with E-state index in [1.165, 1.54) is 12.3 Å². The fourth-order valence-electron chi connectivity index (χ4n) is 2.00. The monoisotopic (exact) mass is 297 g/mol. The second-order valence-electron chi connectivity index (χ2n) is 4.60. The van der Waals surface area contributed by atoms with Gasteiger partial charge in [-0.25, -0.2) is 4.39 Å². The van der Waals surface area contributed by atoms with Crippen molar-refractivity contribution in [2.45, 2.75) is 6.54 Å². The molecule has 0 radical (unpaired) electrons. The van der Waals surface area contributed by atoms with E-state index in [1.54, 1.807) is 24.7 Å². The number of nitrogens with zero attached hydrogens (tertiary/aromatic N) is 2. The van der Waals surface area contributed by atoms with Crippen LogP contribution in [0.25, 0.3) is 11.3 Å². The van der Waals surface area contributed by atoms with Crippen LogP contribution in [0.5, 0.6) is 0 Å². The van der Waals surface area contributed by atoms with Gasteiger partial charge in [-0.15, -0.1) is 0 Å². The Kier molecular flexibility index (Phi) is 3.91. The molecule has 3 aromatic rings. The van der Waals surface area contributed by atoms with Crippen LogP contribution in [-0.4, -0.2) is 15.9 Å². The molecule has 1 amide bonds. The van der Waals surface area contributed by atoms with Crippen LogP contribution in [0.15, 0.2) is 59.7 Å². The van der Waals surface area contributed by atoms with Gasteiger partial charge in [-0.05, 0) is 29.8 Å². The quantitative estimate of drug-likeness (QED) is 0.804. The van der Waals surface area contributed by atoms with E-state index in [0.717, 1.165) is 17.3 Å². The van der Waals surface area contributed by atoms with Crippen molar-refractivity contribution in [1.29, 1.82) is 0 Å². The molecule has 0 aliphatic heterocycles. The van der Waals surface area contributed by atoms with Gasteiger partial charge < -0.3 is 9.73 Å². The second kappa shape index (κ2) is 6.17. The predicted octanol–water partition coefficient (Wildman–Crippen LogP) is 2.81. The van der Waals surface area contributed by atoms with Crippen LogP contribution in [0.3, 0.4) is 0 Å². The summed E-state index contributed by atoms with van der Waals surface area (Å²) in [7, 11) is 0. The maximum atomic E-state index is 13.5. The number of aromatic nitrogens is 2. The minimum absolute atomic E-state index is 0.0369. The number of amides is 1. The van der Waals surface area contributed by atoms with Crippen LogP contribution < -0.4 is 5.32 Å². The van der Waals surface area contributed by atoms with Gasteiger partial charge in [0.1, 0.15) is 5.76 Å². The highest BCUT2D eigenvalue weighted by Crippen LogP contribution is 2.19. The first-order valence-corrected chi connectivity index (χ1v) is 6.59. The lowest BCUT2D eigenvalue weighted by molar-refractivity contribution is 0.0946. The molecule has 3 aromatic heterocycles. The van der Waals surface area contributed by atoms with Crippen LogP contribution in [0.1, 0.15) is 15.9 Å². The lowest BCUT2D eigenvalue weighted by Crippen LogP contribution is -2.24. The van der Waals surface area contributed by atoms with E-state index in [0.29, 0.717) is 5.76 Å². The number of hydrogen-bond acceptors (Lipinski definition) is 4. The van der Waals surface area contributed by atoms with Crippen molar-refractivity contribution >= 4 is 5.91 Å². The van der Waals surface area contributed by atoms with Crippen molar-refractivity contribution in [2.24, 2.45) is 0 Å². The van der Waals surface area contributed by atoms with E-state index in [-0.39, 0.29) is 12.1 Å². The van der Waals surface area contributed by atoms with E-state index in [1.807, 2.05) is 12.1 Å². The molecule has 5 nitrogen and oxygen atoms in total. The Hall–Kier alpha value is -3.02. The average Bonchev–Trinajstić information content (AvgIpc) is 3.08. The maximum Gasteiger partial charge on any atom is 0.254 e. The number of carbonyl (C=O) groups is 1. The summed E-state index contributed by atoms with van der Waals surface area (Å²) in [6.07, 6.45) is 7.27. The van der Waals surface area contributed by atoms with Crippen LogP contribution in [0.4, 0.5) is 4.39 Å². The average molecular weight is 297 g/mol. The molecular formula is C16H12FN3O2. The van der Waals surface area contributed by atoms with Gasteiger partial charge in [-0.3, -0.25) is 14.8 Å². The number of hydrogen-bond donors (Lipinski definition) is 1. The molecule has 0 aliphatic rings. The Morgan fingerprint density at radius 2 is 2.14 bits per heavy atom. The minimum atomic E-state index is -0.650. The Bertz CT molecular complexity index is 788. The molecule has 0 saturated heterocycles. The number of halogens is 1. The summed E-state index contributed by atoms with van der Waals surface area (Å²) >= 11 is 0. The van der Waals surface area contributed by atoms with Gasteiger partial charge >= 0.3 is 0 Å². The molecule has 0 bridgehead atoms. The standard InChI is InChI=1S/C16H12FN3O2/c17-14-10-18-4-3-13(14)16(21)20-8-11-6-12(9-19-7-11)15-2-1-5-22-15/h1-7,9-10H,8H2,(H,20,21). The first-order chi connectivity index (χ1) is 10.7. The van der Waals surface area contributed by atoms with E-state index in [2.05, 4.69) is 15.3 Å². The Morgan fingerprint density at radius 3 is 2.91 bits per heavy atom. The zero-order valence-corrected chi connectivity index (χ0v) is 11.5.